The number of carbonyl (C=O) groups excluding carboxylic acids is 1. The number of ether oxygens (including phenoxy) is 1. The van der Waals surface area contributed by atoms with Gasteiger partial charge in [-0.15, -0.1) is 0 Å². The first-order valence-electron chi connectivity index (χ1n) is 6.51. The molecule has 3 nitrogen and oxygen atoms in total. The number of Topliss-reactive ketones (excluding diaryl/α,β-unsaturated/α-hetero) is 1. The van der Waals surface area contributed by atoms with Crippen LogP contribution >= 0.6 is 11.6 Å². The van der Waals surface area contributed by atoms with Crippen LogP contribution in [-0.2, 0) is 6.42 Å². The molecule has 1 aromatic heterocycles. The molecule has 0 amide bonds. The molecule has 0 bridgehead atoms. The predicted molar refractivity (Wildman–Crippen MR) is 82.3 cm³/mol. The fourth-order valence-electron chi connectivity index (χ4n) is 2.26. The second kappa shape index (κ2) is 5.62. The molecule has 0 aliphatic carbocycles. The van der Waals surface area contributed by atoms with E-state index in [2.05, 4.69) is 0 Å². The Morgan fingerprint density at radius 2 is 2.00 bits per heavy atom. The number of hydrogen-bond acceptors (Lipinski definition) is 3. The summed E-state index contributed by atoms with van der Waals surface area (Å²) in [6.45, 7) is 0. The van der Waals surface area contributed by atoms with E-state index >= 15 is 0 Å². The highest BCUT2D eigenvalue weighted by atomic mass is 35.5. The lowest BCUT2D eigenvalue weighted by Crippen LogP contribution is -2.03. The normalized spacial score (nSPS) is 10.8. The Labute approximate surface area is 127 Å². The molecule has 0 spiro atoms. The van der Waals surface area contributed by atoms with Crippen molar-refractivity contribution in [1.29, 1.82) is 0 Å². The number of rotatable bonds is 4. The second-order valence-electron chi connectivity index (χ2n) is 4.70. The first kappa shape index (κ1) is 13.7. The molecule has 106 valence electrons. The molecule has 0 fully saturated rings. The van der Waals surface area contributed by atoms with Gasteiger partial charge < -0.3 is 9.15 Å². The van der Waals surface area contributed by atoms with Gasteiger partial charge in [0.15, 0.2) is 5.76 Å². The molecule has 0 saturated carbocycles. The van der Waals surface area contributed by atoms with Crippen LogP contribution in [0.2, 0.25) is 5.02 Å². The molecule has 0 radical (unpaired) electrons. The summed E-state index contributed by atoms with van der Waals surface area (Å²) in [7, 11) is 1.59. The first-order chi connectivity index (χ1) is 10.2. The summed E-state index contributed by atoms with van der Waals surface area (Å²) in [6.07, 6.45) is 0.234. The Morgan fingerprint density at radius 3 is 2.81 bits per heavy atom. The number of furan rings is 1. The largest absolute Gasteiger partial charge is 0.496 e. The number of para-hydroxylation sites is 1. The quantitative estimate of drug-likeness (QED) is 0.665. The van der Waals surface area contributed by atoms with Gasteiger partial charge in [-0.3, -0.25) is 4.79 Å². The number of benzene rings is 2. The van der Waals surface area contributed by atoms with Crippen molar-refractivity contribution in [2.24, 2.45) is 0 Å². The number of methoxy groups -OCH3 is 1. The zero-order valence-electron chi connectivity index (χ0n) is 11.4. The summed E-state index contributed by atoms with van der Waals surface area (Å²) >= 11 is 5.93. The molecule has 0 aliphatic rings. The molecule has 0 atom stereocenters. The monoisotopic (exact) mass is 300 g/mol. The van der Waals surface area contributed by atoms with E-state index in [4.69, 9.17) is 20.8 Å². The first-order valence-corrected chi connectivity index (χ1v) is 6.89. The minimum atomic E-state index is -0.0909. The smallest absolute Gasteiger partial charge is 0.202 e. The average Bonchev–Trinajstić information content (AvgIpc) is 2.91. The molecule has 21 heavy (non-hydrogen) atoms. The maximum Gasteiger partial charge on any atom is 0.202 e. The van der Waals surface area contributed by atoms with Crippen LogP contribution in [0.1, 0.15) is 16.1 Å². The number of halogens is 1. The third-order valence-electron chi connectivity index (χ3n) is 3.30. The van der Waals surface area contributed by atoms with Crippen LogP contribution in [-0.4, -0.2) is 12.9 Å². The highest BCUT2D eigenvalue weighted by molar-refractivity contribution is 6.31. The molecule has 4 heteroatoms. The summed E-state index contributed by atoms with van der Waals surface area (Å²) in [5.74, 6) is 0.940. The highest BCUT2D eigenvalue weighted by Gasteiger charge is 2.15. The fourth-order valence-corrected chi connectivity index (χ4v) is 2.44. The van der Waals surface area contributed by atoms with Gasteiger partial charge in [-0.25, -0.2) is 0 Å². The van der Waals surface area contributed by atoms with E-state index in [1.54, 1.807) is 31.4 Å². The fraction of sp³-hybridized carbons (Fsp3) is 0.118. The summed E-state index contributed by atoms with van der Waals surface area (Å²) in [5.41, 5.74) is 1.49. The van der Waals surface area contributed by atoms with Crippen LogP contribution in [0.5, 0.6) is 5.75 Å². The van der Waals surface area contributed by atoms with E-state index in [0.717, 1.165) is 10.9 Å². The van der Waals surface area contributed by atoms with E-state index in [9.17, 15) is 4.79 Å². The summed E-state index contributed by atoms with van der Waals surface area (Å²) in [6, 6.07) is 14.5. The van der Waals surface area contributed by atoms with Crippen molar-refractivity contribution < 1.29 is 13.9 Å². The van der Waals surface area contributed by atoms with Crippen molar-refractivity contribution in [1.82, 2.24) is 0 Å². The van der Waals surface area contributed by atoms with Gasteiger partial charge in [0.2, 0.25) is 5.78 Å². The number of hydrogen-bond donors (Lipinski definition) is 0. The third kappa shape index (κ3) is 2.78. The van der Waals surface area contributed by atoms with E-state index in [1.165, 1.54) is 0 Å². The minimum Gasteiger partial charge on any atom is -0.496 e. The SMILES string of the molecule is COc1ccccc1CC(=O)c1cc2cc(Cl)ccc2o1. The molecule has 0 aliphatic heterocycles. The van der Waals surface area contributed by atoms with Crippen LogP contribution in [0.3, 0.4) is 0 Å². The van der Waals surface area contributed by atoms with Crippen LogP contribution < -0.4 is 4.74 Å². The molecule has 0 unspecified atom stereocenters. The van der Waals surface area contributed by atoms with E-state index in [1.807, 2.05) is 24.3 Å². The van der Waals surface area contributed by atoms with Crippen molar-refractivity contribution in [2.45, 2.75) is 6.42 Å². The van der Waals surface area contributed by atoms with Gasteiger partial charge in [0.25, 0.3) is 0 Å². The van der Waals surface area contributed by atoms with Gasteiger partial charge in [-0.05, 0) is 30.3 Å². The van der Waals surface area contributed by atoms with Crippen LogP contribution in [0.25, 0.3) is 11.0 Å². The number of ketones is 1. The Hall–Kier alpha value is -2.26. The predicted octanol–water partition coefficient (Wildman–Crippen LogP) is 4.52. The van der Waals surface area contributed by atoms with Gasteiger partial charge in [0.1, 0.15) is 11.3 Å². The highest BCUT2D eigenvalue weighted by Crippen LogP contribution is 2.25. The molecule has 3 aromatic rings. The van der Waals surface area contributed by atoms with Gasteiger partial charge >= 0.3 is 0 Å². The maximum absolute atomic E-state index is 12.4. The van der Waals surface area contributed by atoms with Crippen LogP contribution in [0, 0.1) is 0 Å². The Morgan fingerprint density at radius 1 is 1.19 bits per heavy atom. The van der Waals surface area contributed by atoms with Gasteiger partial charge in [-0.2, -0.15) is 0 Å². The standard InChI is InChI=1S/C17H13ClO3/c1-20-15-5-3-2-4-11(15)9-14(19)17-10-12-8-13(18)6-7-16(12)21-17/h2-8,10H,9H2,1H3. The Bertz CT molecular complexity index is 805. The number of fused-ring (bicyclic) bond motifs is 1. The van der Waals surface area contributed by atoms with Crippen molar-refractivity contribution >= 4 is 28.4 Å². The lowest BCUT2D eigenvalue weighted by atomic mass is 10.1. The van der Waals surface area contributed by atoms with Gasteiger partial charge in [0.05, 0.1) is 7.11 Å². The van der Waals surface area contributed by atoms with E-state index in [0.29, 0.717) is 22.1 Å². The Balaban J connectivity index is 1.90. The zero-order valence-corrected chi connectivity index (χ0v) is 12.2. The maximum atomic E-state index is 12.4. The van der Waals surface area contributed by atoms with Gasteiger partial charge in [0, 0.05) is 22.4 Å². The van der Waals surface area contributed by atoms with Crippen LogP contribution in [0.4, 0.5) is 0 Å². The summed E-state index contributed by atoms with van der Waals surface area (Å²) < 4.78 is 10.8. The van der Waals surface area contributed by atoms with E-state index in [-0.39, 0.29) is 12.2 Å². The van der Waals surface area contributed by atoms with Crippen molar-refractivity contribution in [3.63, 3.8) is 0 Å². The molecule has 1 heterocycles. The molecular weight excluding hydrogens is 288 g/mol. The topological polar surface area (TPSA) is 39.4 Å². The lowest BCUT2D eigenvalue weighted by molar-refractivity contribution is 0.0967. The number of carbonyl (C=O) groups is 1. The van der Waals surface area contributed by atoms with Gasteiger partial charge in [-0.1, -0.05) is 29.8 Å². The molecule has 0 saturated heterocycles. The molecule has 3 rings (SSSR count). The minimum absolute atomic E-state index is 0.0909. The zero-order chi connectivity index (χ0) is 14.8. The molecule has 0 N–H and O–H groups in total. The second-order valence-corrected chi connectivity index (χ2v) is 5.14. The molecular formula is C17H13ClO3. The summed E-state index contributed by atoms with van der Waals surface area (Å²) in [5, 5.41) is 1.44. The van der Waals surface area contributed by atoms with E-state index < -0.39 is 0 Å². The molecule has 2 aromatic carbocycles. The third-order valence-corrected chi connectivity index (χ3v) is 3.53. The van der Waals surface area contributed by atoms with Crippen LogP contribution in [0.15, 0.2) is 52.9 Å². The lowest BCUT2D eigenvalue weighted by Gasteiger charge is -2.06. The van der Waals surface area contributed by atoms with Crippen molar-refractivity contribution in [3.8, 4) is 5.75 Å². The van der Waals surface area contributed by atoms with Crippen molar-refractivity contribution in [3.05, 3.63) is 64.9 Å². The van der Waals surface area contributed by atoms with Crippen molar-refractivity contribution in [2.75, 3.05) is 7.11 Å². The average molecular weight is 301 g/mol. The summed E-state index contributed by atoms with van der Waals surface area (Å²) in [4.78, 5) is 12.4. The Kier molecular flexibility index (Phi) is 3.67.